The standard InChI is InChI=1S/C20H24ClN5O3/c1-11-16(17(23-25(11)6)18(28)24(4)5)22-15(27)10-26-14-8-7-12(21)9-13(14)20(2,3)19(26)29/h7-9H,10H2,1-6H3,(H,22,27). The summed E-state index contributed by atoms with van der Waals surface area (Å²) in [6.07, 6.45) is 0. The highest BCUT2D eigenvalue weighted by atomic mass is 35.5. The lowest BCUT2D eigenvalue weighted by Crippen LogP contribution is -2.41. The van der Waals surface area contributed by atoms with Crippen LogP contribution < -0.4 is 10.2 Å². The van der Waals surface area contributed by atoms with Crippen molar-refractivity contribution in [3.05, 3.63) is 40.2 Å². The van der Waals surface area contributed by atoms with Gasteiger partial charge in [0.15, 0.2) is 5.69 Å². The van der Waals surface area contributed by atoms with Crippen LogP contribution in [0.15, 0.2) is 18.2 Å². The van der Waals surface area contributed by atoms with E-state index in [1.165, 1.54) is 14.5 Å². The second-order valence-corrected chi connectivity index (χ2v) is 8.29. The molecule has 8 nitrogen and oxygen atoms in total. The van der Waals surface area contributed by atoms with Crippen LogP contribution in [0.2, 0.25) is 5.02 Å². The van der Waals surface area contributed by atoms with Crippen LogP contribution >= 0.6 is 11.6 Å². The third kappa shape index (κ3) is 3.48. The first-order chi connectivity index (χ1) is 13.4. The van der Waals surface area contributed by atoms with Crippen molar-refractivity contribution in [1.29, 1.82) is 0 Å². The molecule has 1 aliphatic rings. The van der Waals surface area contributed by atoms with E-state index in [9.17, 15) is 14.4 Å². The van der Waals surface area contributed by atoms with Gasteiger partial charge in [-0.05, 0) is 44.5 Å². The summed E-state index contributed by atoms with van der Waals surface area (Å²) in [5.74, 6) is -0.916. The molecule has 0 unspecified atom stereocenters. The third-order valence-corrected chi connectivity index (χ3v) is 5.45. The maximum Gasteiger partial charge on any atom is 0.276 e. The van der Waals surface area contributed by atoms with Gasteiger partial charge in [-0.3, -0.25) is 19.1 Å². The van der Waals surface area contributed by atoms with Gasteiger partial charge in [-0.25, -0.2) is 0 Å². The average molecular weight is 418 g/mol. The van der Waals surface area contributed by atoms with E-state index in [2.05, 4.69) is 10.4 Å². The molecule has 0 atom stereocenters. The first-order valence-electron chi connectivity index (χ1n) is 9.12. The predicted molar refractivity (Wildman–Crippen MR) is 111 cm³/mol. The van der Waals surface area contributed by atoms with E-state index in [1.807, 2.05) is 13.8 Å². The number of carbonyl (C=O) groups is 3. The van der Waals surface area contributed by atoms with Crippen LogP contribution in [0.25, 0.3) is 0 Å². The average Bonchev–Trinajstić information content (AvgIpc) is 3.02. The summed E-state index contributed by atoms with van der Waals surface area (Å²) in [5, 5.41) is 7.51. The second-order valence-electron chi connectivity index (χ2n) is 7.86. The lowest BCUT2D eigenvalue weighted by Gasteiger charge is -2.20. The number of aromatic nitrogens is 2. The molecule has 154 valence electrons. The van der Waals surface area contributed by atoms with Gasteiger partial charge in [0.05, 0.1) is 16.8 Å². The van der Waals surface area contributed by atoms with Crippen LogP contribution in [0.1, 0.15) is 35.6 Å². The van der Waals surface area contributed by atoms with E-state index in [1.54, 1.807) is 46.3 Å². The van der Waals surface area contributed by atoms with Crippen LogP contribution in [0, 0.1) is 6.92 Å². The number of carbonyl (C=O) groups excluding carboxylic acids is 3. The molecule has 1 aliphatic heterocycles. The molecule has 0 spiro atoms. The monoisotopic (exact) mass is 417 g/mol. The topological polar surface area (TPSA) is 87.5 Å². The fraction of sp³-hybridized carbons (Fsp3) is 0.400. The number of benzene rings is 1. The molecule has 1 aromatic carbocycles. The Hall–Kier alpha value is -2.87. The Bertz CT molecular complexity index is 1030. The first-order valence-corrected chi connectivity index (χ1v) is 9.50. The number of aryl methyl sites for hydroxylation is 1. The summed E-state index contributed by atoms with van der Waals surface area (Å²) >= 11 is 6.10. The normalized spacial score (nSPS) is 14.7. The van der Waals surface area contributed by atoms with Crippen molar-refractivity contribution < 1.29 is 14.4 Å². The molecule has 3 rings (SSSR count). The molecule has 29 heavy (non-hydrogen) atoms. The number of fused-ring (bicyclic) bond motifs is 1. The molecular formula is C20H24ClN5O3. The molecule has 2 heterocycles. The highest BCUT2D eigenvalue weighted by Crippen LogP contribution is 2.42. The Labute approximate surface area is 174 Å². The maximum absolute atomic E-state index is 12.9. The lowest BCUT2D eigenvalue weighted by molar-refractivity contribution is -0.124. The Morgan fingerprint density at radius 3 is 2.55 bits per heavy atom. The molecule has 0 bridgehead atoms. The van der Waals surface area contributed by atoms with Gasteiger partial charge in [0.2, 0.25) is 11.8 Å². The molecule has 1 aromatic heterocycles. The molecule has 1 N–H and O–H groups in total. The molecule has 0 aliphatic carbocycles. The maximum atomic E-state index is 12.9. The van der Waals surface area contributed by atoms with Crippen LogP contribution in [0.5, 0.6) is 0 Å². The Balaban J connectivity index is 1.88. The zero-order chi connectivity index (χ0) is 21.7. The van der Waals surface area contributed by atoms with Gasteiger partial charge in [-0.15, -0.1) is 0 Å². The molecule has 3 amide bonds. The fourth-order valence-electron chi connectivity index (χ4n) is 3.41. The summed E-state index contributed by atoms with van der Waals surface area (Å²) in [4.78, 5) is 41.0. The summed E-state index contributed by atoms with van der Waals surface area (Å²) < 4.78 is 1.54. The number of nitrogens with zero attached hydrogens (tertiary/aromatic N) is 4. The molecular weight excluding hydrogens is 394 g/mol. The number of amides is 3. The van der Waals surface area contributed by atoms with Crippen molar-refractivity contribution >= 4 is 40.7 Å². The smallest absolute Gasteiger partial charge is 0.276 e. The zero-order valence-electron chi connectivity index (χ0n) is 17.3. The minimum atomic E-state index is -0.781. The first kappa shape index (κ1) is 20.9. The lowest BCUT2D eigenvalue weighted by atomic mass is 9.86. The summed E-state index contributed by atoms with van der Waals surface area (Å²) in [6, 6.07) is 5.19. The van der Waals surface area contributed by atoms with E-state index in [-0.39, 0.29) is 24.1 Å². The van der Waals surface area contributed by atoms with Crippen LogP contribution in [-0.4, -0.2) is 53.0 Å². The minimum Gasteiger partial charge on any atom is -0.343 e. The molecule has 0 fully saturated rings. The number of rotatable bonds is 4. The van der Waals surface area contributed by atoms with E-state index < -0.39 is 11.3 Å². The highest BCUT2D eigenvalue weighted by Gasteiger charge is 2.44. The van der Waals surface area contributed by atoms with E-state index in [4.69, 9.17) is 11.6 Å². The van der Waals surface area contributed by atoms with Crippen LogP contribution in [-0.2, 0) is 22.1 Å². The SMILES string of the molecule is Cc1c(NC(=O)CN2C(=O)C(C)(C)c3cc(Cl)ccc32)c(C(=O)N(C)C)nn1C. The van der Waals surface area contributed by atoms with E-state index in [0.29, 0.717) is 22.1 Å². The summed E-state index contributed by atoms with van der Waals surface area (Å²) in [5.41, 5.74) is 1.80. The quantitative estimate of drug-likeness (QED) is 0.827. The number of hydrogen-bond donors (Lipinski definition) is 1. The second kappa shape index (κ2) is 7.18. The van der Waals surface area contributed by atoms with E-state index >= 15 is 0 Å². The predicted octanol–water partition coefficient (Wildman–Crippen LogP) is 2.35. The molecule has 2 aromatic rings. The summed E-state index contributed by atoms with van der Waals surface area (Å²) in [6.45, 7) is 5.19. The molecule has 0 radical (unpaired) electrons. The highest BCUT2D eigenvalue weighted by molar-refractivity contribution is 6.31. The Morgan fingerprint density at radius 1 is 1.28 bits per heavy atom. The number of halogens is 1. The fourth-order valence-corrected chi connectivity index (χ4v) is 3.58. The number of hydrogen-bond acceptors (Lipinski definition) is 4. The Morgan fingerprint density at radius 2 is 1.93 bits per heavy atom. The van der Waals surface area contributed by atoms with Gasteiger partial charge >= 0.3 is 0 Å². The number of nitrogens with one attached hydrogen (secondary N) is 1. The van der Waals surface area contributed by atoms with Gasteiger partial charge in [-0.2, -0.15) is 5.10 Å². The van der Waals surface area contributed by atoms with Gasteiger partial charge in [-0.1, -0.05) is 11.6 Å². The Kier molecular flexibility index (Phi) is 5.17. The van der Waals surface area contributed by atoms with Gasteiger partial charge < -0.3 is 15.1 Å². The van der Waals surface area contributed by atoms with Gasteiger partial charge in [0.25, 0.3) is 5.91 Å². The minimum absolute atomic E-state index is 0.156. The van der Waals surface area contributed by atoms with Crippen molar-refractivity contribution in [3.8, 4) is 0 Å². The molecule has 0 saturated heterocycles. The molecule has 0 saturated carbocycles. The largest absolute Gasteiger partial charge is 0.343 e. The van der Waals surface area contributed by atoms with Crippen molar-refractivity contribution in [2.24, 2.45) is 7.05 Å². The van der Waals surface area contributed by atoms with E-state index in [0.717, 1.165) is 5.56 Å². The van der Waals surface area contributed by atoms with Crippen molar-refractivity contribution in [2.45, 2.75) is 26.2 Å². The zero-order valence-corrected chi connectivity index (χ0v) is 18.1. The van der Waals surface area contributed by atoms with Crippen LogP contribution in [0.3, 0.4) is 0 Å². The third-order valence-electron chi connectivity index (χ3n) is 5.21. The van der Waals surface area contributed by atoms with Crippen molar-refractivity contribution in [2.75, 3.05) is 30.9 Å². The van der Waals surface area contributed by atoms with Gasteiger partial charge in [0.1, 0.15) is 6.54 Å². The van der Waals surface area contributed by atoms with Crippen LogP contribution in [0.4, 0.5) is 11.4 Å². The van der Waals surface area contributed by atoms with Crippen molar-refractivity contribution in [1.82, 2.24) is 14.7 Å². The molecule has 9 heteroatoms. The summed E-state index contributed by atoms with van der Waals surface area (Å²) in [7, 11) is 4.93. The number of anilines is 2. The van der Waals surface area contributed by atoms with Gasteiger partial charge in [0, 0.05) is 31.9 Å². The van der Waals surface area contributed by atoms with Crippen molar-refractivity contribution in [3.63, 3.8) is 0 Å².